The predicted octanol–water partition coefficient (Wildman–Crippen LogP) is 0.954. The molecule has 10 heteroatoms. The molecule has 2 aromatic carbocycles. The van der Waals surface area contributed by atoms with Crippen molar-refractivity contribution in [3.05, 3.63) is 53.6 Å². The van der Waals surface area contributed by atoms with E-state index in [9.17, 15) is 18.0 Å². The van der Waals surface area contributed by atoms with Gasteiger partial charge in [-0.15, -0.1) is 4.83 Å². The maximum Gasteiger partial charge on any atom is 0.307 e. The Morgan fingerprint density at radius 1 is 1.00 bits per heavy atom. The first-order valence-corrected chi connectivity index (χ1v) is 9.10. The summed E-state index contributed by atoms with van der Waals surface area (Å²) in [6, 6.07) is 9.66. The van der Waals surface area contributed by atoms with Crippen LogP contribution in [0.3, 0.4) is 0 Å². The number of aliphatic carboxylic acids is 1. The van der Waals surface area contributed by atoms with Crippen molar-refractivity contribution >= 4 is 21.9 Å². The highest BCUT2D eigenvalue weighted by molar-refractivity contribution is 7.89. The topological polar surface area (TPSA) is 131 Å². The van der Waals surface area contributed by atoms with E-state index < -0.39 is 21.9 Å². The highest BCUT2D eigenvalue weighted by Crippen LogP contribution is 2.27. The largest absolute Gasteiger partial charge is 0.493 e. The molecular weight excluding hydrogens is 376 g/mol. The maximum atomic E-state index is 12.2. The van der Waals surface area contributed by atoms with Crippen LogP contribution in [0.25, 0.3) is 0 Å². The van der Waals surface area contributed by atoms with E-state index in [2.05, 4.69) is 5.43 Å². The summed E-state index contributed by atoms with van der Waals surface area (Å²) in [5.41, 5.74) is 2.72. The van der Waals surface area contributed by atoms with Gasteiger partial charge < -0.3 is 14.6 Å². The second-order valence-corrected chi connectivity index (χ2v) is 7.03. The minimum atomic E-state index is -4.02. The van der Waals surface area contributed by atoms with E-state index in [4.69, 9.17) is 14.6 Å². The van der Waals surface area contributed by atoms with Gasteiger partial charge in [0, 0.05) is 5.56 Å². The summed E-state index contributed by atoms with van der Waals surface area (Å²) in [6.45, 7) is 0. The Morgan fingerprint density at radius 3 is 2.19 bits per heavy atom. The molecule has 2 aromatic rings. The van der Waals surface area contributed by atoms with Gasteiger partial charge in [-0.25, -0.2) is 8.42 Å². The van der Waals surface area contributed by atoms with Crippen LogP contribution < -0.4 is 19.7 Å². The molecule has 0 saturated heterocycles. The number of hydrogen-bond donors (Lipinski definition) is 3. The summed E-state index contributed by atoms with van der Waals surface area (Å²) in [4.78, 5) is 24.7. The number of benzene rings is 2. The zero-order chi connectivity index (χ0) is 20.0. The Bertz CT molecular complexity index is 940. The number of methoxy groups -OCH3 is 2. The molecule has 144 valence electrons. The van der Waals surface area contributed by atoms with Gasteiger partial charge in [-0.1, -0.05) is 12.1 Å². The summed E-state index contributed by atoms with van der Waals surface area (Å²) >= 11 is 0. The molecule has 0 aromatic heterocycles. The lowest BCUT2D eigenvalue weighted by molar-refractivity contribution is -0.136. The minimum absolute atomic E-state index is 0.121. The first-order chi connectivity index (χ1) is 12.8. The van der Waals surface area contributed by atoms with Crippen molar-refractivity contribution < 1.29 is 32.6 Å². The molecule has 0 bridgehead atoms. The Balaban J connectivity index is 2.08. The summed E-state index contributed by atoms with van der Waals surface area (Å²) in [7, 11) is -1.16. The molecule has 0 atom stereocenters. The minimum Gasteiger partial charge on any atom is -0.493 e. The quantitative estimate of drug-likeness (QED) is 0.568. The van der Waals surface area contributed by atoms with Crippen molar-refractivity contribution in [2.24, 2.45) is 0 Å². The van der Waals surface area contributed by atoms with Crippen LogP contribution >= 0.6 is 0 Å². The molecule has 0 spiro atoms. The number of carboxylic acids is 1. The Hall–Kier alpha value is -3.11. The van der Waals surface area contributed by atoms with Crippen molar-refractivity contribution in [1.29, 1.82) is 0 Å². The normalized spacial score (nSPS) is 10.9. The molecule has 3 N–H and O–H groups in total. The fraction of sp³-hybridized carbons (Fsp3) is 0.176. The van der Waals surface area contributed by atoms with E-state index in [0.717, 1.165) is 0 Å². The first kappa shape index (κ1) is 20.2. The molecule has 0 aliphatic carbocycles. The number of nitrogens with one attached hydrogen (secondary N) is 2. The third-order valence-electron chi connectivity index (χ3n) is 3.53. The number of sulfonamides is 1. The lowest BCUT2D eigenvalue weighted by Crippen LogP contribution is -2.41. The maximum absolute atomic E-state index is 12.2. The van der Waals surface area contributed by atoms with Crippen LogP contribution in [-0.4, -0.2) is 39.6 Å². The average molecular weight is 394 g/mol. The number of carbonyl (C=O) groups is 2. The Morgan fingerprint density at radius 2 is 1.63 bits per heavy atom. The predicted molar refractivity (Wildman–Crippen MR) is 95.1 cm³/mol. The van der Waals surface area contributed by atoms with E-state index in [1.54, 1.807) is 0 Å². The van der Waals surface area contributed by atoms with Gasteiger partial charge in [0.05, 0.1) is 25.5 Å². The number of rotatable bonds is 8. The summed E-state index contributed by atoms with van der Waals surface area (Å²) in [6.07, 6.45) is -0.218. The van der Waals surface area contributed by atoms with E-state index in [1.807, 2.05) is 4.83 Å². The molecule has 0 saturated carbocycles. The fourth-order valence-corrected chi connectivity index (χ4v) is 3.02. The molecule has 0 heterocycles. The zero-order valence-corrected chi connectivity index (χ0v) is 15.4. The van der Waals surface area contributed by atoms with Crippen LogP contribution in [0.4, 0.5) is 0 Å². The SMILES string of the molecule is COc1ccc(C(=O)NNS(=O)(=O)c2ccc(CC(=O)O)cc2)cc1OC. The second-order valence-electron chi connectivity index (χ2n) is 5.34. The van der Waals surface area contributed by atoms with Gasteiger partial charge >= 0.3 is 5.97 Å². The van der Waals surface area contributed by atoms with Crippen LogP contribution in [0.15, 0.2) is 47.4 Å². The number of hydrogen-bond acceptors (Lipinski definition) is 6. The standard InChI is InChI=1S/C17H18N2O7S/c1-25-14-8-5-12(10-15(14)26-2)17(22)18-19-27(23,24)13-6-3-11(4-7-13)9-16(20)21/h3-8,10,19H,9H2,1-2H3,(H,18,22)(H,20,21). The van der Waals surface area contributed by atoms with Gasteiger partial charge in [0.25, 0.3) is 15.9 Å². The van der Waals surface area contributed by atoms with Crippen LogP contribution in [0.5, 0.6) is 11.5 Å². The number of amides is 1. The Labute approximate surface area is 155 Å². The van der Waals surface area contributed by atoms with Crippen molar-refractivity contribution in [2.45, 2.75) is 11.3 Å². The van der Waals surface area contributed by atoms with Gasteiger partial charge in [0.1, 0.15) is 0 Å². The highest BCUT2D eigenvalue weighted by Gasteiger charge is 2.17. The molecule has 27 heavy (non-hydrogen) atoms. The number of carboxylic acid groups (broad SMARTS) is 1. The fourth-order valence-electron chi connectivity index (χ4n) is 2.18. The van der Waals surface area contributed by atoms with Gasteiger partial charge in [-0.3, -0.25) is 15.0 Å². The van der Waals surface area contributed by atoms with Gasteiger partial charge in [0.2, 0.25) is 0 Å². The van der Waals surface area contributed by atoms with Gasteiger partial charge in [-0.05, 0) is 35.9 Å². The summed E-state index contributed by atoms with van der Waals surface area (Å²) < 4.78 is 34.6. The second kappa shape index (κ2) is 8.52. The van der Waals surface area contributed by atoms with Crippen molar-refractivity contribution in [2.75, 3.05) is 14.2 Å². The smallest absolute Gasteiger partial charge is 0.307 e. The molecule has 0 aliphatic heterocycles. The molecule has 0 radical (unpaired) electrons. The molecule has 1 amide bonds. The van der Waals surface area contributed by atoms with Crippen LogP contribution in [0.1, 0.15) is 15.9 Å². The number of carbonyl (C=O) groups excluding carboxylic acids is 1. The zero-order valence-electron chi connectivity index (χ0n) is 14.6. The van der Waals surface area contributed by atoms with E-state index in [1.165, 1.54) is 56.7 Å². The third kappa shape index (κ3) is 5.19. The average Bonchev–Trinajstić information content (AvgIpc) is 2.65. The first-order valence-electron chi connectivity index (χ1n) is 7.61. The Kier molecular flexibility index (Phi) is 6.37. The monoisotopic (exact) mass is 394 g/mol. The summed E-state index contributed by atoms with van der Waals surface area (Å²) in [5.74, 6) is -0.967. The van der Waals surface area contributed by atoms with Crippen molar-refractivity contribution in [1.82, 2.24) is 10.3 Å². The van der Waals surface area contributed by atoms with Crippen LogP contribution in [0.2, 0.25) is 0 Å². The van der Waals surface area contributed by atoms with Gasteiger partial charge in [0.15, 0.2) is 11.5 Å². The van der Waals surface area contributed by atoms with Gasteiger partial charge in [-0.2, -0.15) is 0 Å². The lowest BCUT2D eigenvalue weighted by Gasteiger charge is -2.11. The van der Waals surface area contributed by atoms with Crippen molar-refractivity contribution in [3.8, 4) is 11.5 Å². The summed E-state index contributed by atoms with van der Waals surface area (Å²) in [5, 5.41) is 8.73. The highest BCUT2D eigenvalue weighted by atomic mass is 32.2. The van der Waals surface area contributed by atoms with E-state index in [-0.39, 0.29) is 16.9 Å². The molecule has 2 rings (SSSR count). The molecule has 9 nitrogen and oxygen atoms in total. The molecule has 0 fully saturated rings. The third-order valence-corrected chi connectivity index (χ3v) is 4.80. The van der Waals surface area contributed by atoms with Crippen molar-refractivity contribution in [3.63, 3.8) is 0 Å². The molecular formula is C17H18N2O7S. The van der Waals surface area contributed by atoms with Crippen LogP contribution in [0, 0.1) is 0 Å². The molecule has 0 unspecified atom stereocenters. The number of hydrazine groups is 1. The van der Waals surface area contributed by atoms with Crippen LogP contribution in [-0.2, 0) is 21.2 Å². The van der Waals surface area contributed by atoms with E-state index >= 15 is 0 Å². The van der Waals surface area contributed by atoms with E-state index in [0.29, 0.717) is 17.1 Å². The lowest BCUT2D eigenvalue weighted by atomic mass is 10.2. The number of ether oxygens (including phenoxy) is 2. The molecule has 0 aliphatic rings.